The third-order valence-corrected chi connectivity index (χ3v) is 1.06. The molecule has 7 heavy (non-hydrogen) atoms. The van der Waals surface area contributed by atoms with Gasteiger partial charge in [-0.2, -0.15) is 0 Å². The molecule has 0 unspecified atom stereocenters. The topological polar surface area (TPSA) is 0 Å². The van der Waals surface area contributed by atoms with Crippen molar-refractivity contribution in [3.05, 3.63) is 0 Å². The summed E-state index contributed by atoms with van der Waals surface area (Å²) in [6.45, 7) is 0. The molecule has 0 atom stereocenters. The van der Waals surface area contributed by atoms with Crippen LogP contribution < -0.4 is 0 Å². The minimum absolute atomic E-state index is 0.233. The van der Waals surface area contributed by atoms with Gasteiger partial charge < -0.3 is 0 Å². The van der Waals surface area contributed by atoms with Crippen molar-refractivity contribution in [1.82, 2.24) is 0 Å². The molecule has 0 aromatic carbocycles. The van der Waals surface area contributed by atoms with Crippen LogP contribution in [0.1, 0.15) is 12.8 Å². The average molecular weight is 137 g/mol. The normalized spacial score (nSPS) is 10.1. The Morgan fingerprint density at radius 1 is 1.43 bits per heavy atom. The summed E-state index contributed by atoms with van der Waals surface area (Å²) in [5, 5.41) is 0. The fourth-order valence-corrected chi connectivity index (χ4v) is 0.581. The van der Waals surface area contributed by atoms with Crippen molar-refractivity contribution in [2.75, 3.05) is 0 Å². The molecule has 0 saturated carbocycles. The van der Waals surface area contributed by atoms with Crippen LogP contribution in [0.3, 0.4) is 0 Å². The average Bonchev–Trinajstić information content (AvgIpc) is 1.61. The lowest BCUT2D eigenvalue weighted by Gasteiger charge is -1.94. The molecule has 0 aliphatic rings. The van der Waals surface area contributed by atoms with Crippen molar-refractivity contribution in [3.63, 3.8) is 0 Å². The Balaban J connectivity index is 2.68. The van der Waals surface area contributed by atoms with Gasteiger partial charge in [-0.05, 0) is 6.42 Å². The smallest absolute Gasteiger partial charge is 0.105 e. The van der Waals surface area contributed by atoms with Gasteiger partial charge >= 0.3 is 0 Å². The number of rotatable bonds is 3. The van der Waals surface area contributed by atoms with Crippen molar-refractivity contribution in [1.29, 1.82) is 0 Å². The Kier molecular flexibility index (Phi) is 5.24. The van der Waals surface area contributed by atoms with E-state index in [1.807, 2.05) is 0 Å². The first-order valence-electron chi connectivity index (χ1n) is 2.25. The number of hydrogen-bond donors (Lipinski definition) is 0. The highest BCUT2D eigenvalue weighted by molar-refractivity contribution is 6.44. The van der Waals surface area contributed by atoms with Gasteiger partial charge in [-0.15, -0.1) is 23.2 Å². The van der Waals surface area contributed by atoms with Crippen LogP contribution >= 0.6 is 23.2 Å². The van der Waals surface area contributed by atoms with Crippen LogP contribution in [0.15, 0.2) is 0 Å². The van der Waals surface area contributed by atoms with Gasteiger partial charge in [-0.3, -0.25) is 0 Å². The largest absolute Gasteiger partial charge is 0.107 e. The second-order valence-electron chi connectivity index (χ2n) is 1.32. The van der Waals surface area contributed by atoms with Crippen LogP contribution in [0.4, 0.5) is 0 Å². The molecule has 0 fully saturated rings. The van der Waals surface area contributed by atoms with Gasteiger partial charge in [0.15, 0.2) is 0 Å². The van der Waals surface area contributed by atoms with Gasteiger partial charge in [0.05, 0.1) is 7.85 Å². The highest BCUT2D eigenvalue weighted by Gasteiger charge is 1.93. The van der Waals surface area contributed by atoms with E-state index >= 15 is 0 Å². The van der Waals surface area contributed by atoms with Crippen molar-refractivity contribution < 1.29 is 0 Å². The van der Waals surface area contributed by atoms with Crippen molar-refractivity contribution in [3.8, 4) is 0 Å². The Bertz CT molecular complexity index is 38.7. The van der Waals surface area contributed by atoms with Crippen molar-refractivity contribution >= 4 is 31.0 Å². The van der Waals surface area contributed by atoms with Gasteiger partial charge in [0.25, 0.3) is 0 Å². The number of alkyl halides is 2. The molecule has 0 rings (SSSR count). The molecule has 3 heteroatoms. The van der Waals surface area contributed by atoms with Gasteiger partial charge in [0.1, 0.15) is 4.84 Å². The Hall–Kier alpha value is 0.645. The molecule has 0 nitrogen and oxygen atoms in total. The molecule has 0 aliphatic carbocycles. The Morgan fingerprint density at radius 2 is 2.00 bits per heavy atom. The van der Waals surface area contributed by atoms with Crippen LogP contribution in [0.25, 0.3) is 0 Å². The molecule has 0 heterocycles. The second kappa shape index (κ2) is 4.80. The highest BCUT2D eigenvalue weighted by Crippen LogP contribution is 2.09. The van der Waals surface area contributed by atoms with Gasteiger partial charge in [-0.1, -0.05) is 12.7 Å². The molecule has 0 N–H and O–H groups in total. The maximum Gasteiger partial charge on any atom is 0.107 e. The van der Waals surface area contributed by atoms with E-state index in [-0.39, 0.29) is 4.84 Å². The van der Waals surface area contributed by atoms with Crippen molar-refractivity contribution in [2.24, 2.45) is 0 Å². The molecule has 0 spiro atoms. The number of halogens is 2. The van der Waals surface area contributed by atoms with E-state index in [1.165, 1.54) is 0 Å². The monoisotopic (exact) mass is 136 g/mol. The molecule has 0 amide bonds. The van der Waals surface area contributed by atoms with Crippen LogP contribution in [0.2, 0.25) is 6.32 Å². The van der Waals surface area contributed by atoms with Crippen LogP contribution in [-0.2, 0) is 0 Å². The molecule has 0 saturated heterocycles. The SMILES string of the molecule is [B]CCCC(Cl)Cl. The third kappa shape index (κ3) is 6.64. The highest BCUT2D eigenvalue weighted by atomic mass is 35.5. The molecular formula is C4H7BCl2. The molecule has 0 aliphatic heterocycles. The first-order valence-corrected chi connectivity index (χ1v) is 3.13. The maximum absolute atomic E-state index is 5.37. The molecule has 0 aromatic heterocycles. The predicted molar refractivity (Wildman–Crippen MR) is 35.3 cm³/mol. The first-order chi connectivity index (χ1) is 3.27. The summed E-state index contributed by atoms with van der Waals surface area (Å²) in [6.07, 6.45) is 2.40. The maximum atomic E-state index is 5.37. The summed E-state index contributed by atoms with van der Waals surface area (Å²) in [5.41, 5.74) is 0. The Morgan fingerprint density at radius 3 is 2.14 bits per heavy atom. The van der Waals surface area contributed by atoms with E-state index in [1.54, 1.807) is 0 Å². The lowest BCUT2D eigenvalue weighted by Crippen LogP contribution is -1.84. The summed E-state index contributed by atoms with van der Waals surface area (Å²) in [5.74, 6) is 0. The summed E-state index contributed by atoms with van der Waals surface area (Å²) >= 11 is 10.7. The van der Waals surface area contributed by atoms with Crippen LogP contribution in [0.5, 0.6) is 0 Å². The fourth-order valence-electron chi connectivity index (χ4n) is 0.272. The lowest BCUT2D eigenvalue weighted by atomic mass is 10.0. The molecule has 0 bridgehead atoms. The van der Waals surface area contributed by atoms with Gasteiger partial charge in [0.2, 0.25) is 0 Å². The summed E-state index contributed by atoms with van der Waals surface area (Å²) < 4.78 is 0. The van der Waals surface area contributed by atoms with Crippen LogP contribution in [0, 0.1) is 0 Å². The summed E-state index contributed by atoms with van der Waals surface area (Å²) in [4.78, 5) is -0.233. The van der Waals surface area contributed by atoms with E-state index in [4.69, 9.17) is 31.0 Å². The van der Waals surface area contributed by atoms with E-state index < -0.39 is 0 Å². The minimum atomic E-state index is -0.233. The van der Waals surface area contributed by atoms with E-state index in [0.717, 1.165) is 12.8 Å². The van der Waals surface area contributed by atoms with Crippen LogP contribution in [-0.4, -0.2) is 12.7 Å². The first kappa shape index (κ1) is 7.64. The molecule has 0 aromatic rings. The zero-order chi connectivity index (χ0) is 5.70. The summed E-state index contributed by atoms with van der Waals surface area (Å²) in [7, 11) is 5.16. The molecule has 2 radical (unpaired) electrons. The minimum Gasteiger partial charge on any atom is -0.105 e. The zero-order valence-corrected chi connectivity index (χ0v) is 5.54. The van der Waals surface area contributed by atoms with Crippen molar-refractivity contribution in [2.45, 2.75) is 24.0 Å². The third-order valence-electron chi connectivity index (χ3n) is 0.626. The van der Waals surface area contributed by atoms with Gasteiger partial charge in [-0.25, -0.2) is 0 Å². The number of hydrogen-bond acceptors (Lipinski definition) is 0. The van der Waals surface area contributed by atoms with E-state index in [2.05, 4.69) is 0 Å². The second-order valence-corrected chi connectivity index (χ2v) is 2.60. The summed E-state index contributed by atoms with van der Waals surface area (Å²) in [6, 6.07) is 0. The predicted octanol–water partition coefficient (Wildman–Crippen LogP) is 2.16. The van der Waals surface area contributed by atoms with E-state index in [0.29, 0.717) is 6.32 Å². The fraction of sp³-hybridized carbons (Fsp3) is 1.00. The molecular weight excluding hydrogens is 130 g/mol. The standard InChI is InChI=1S/C4H7BCl2/c5-3-1-2-4(6)7/h4H,1-3H2. The zero-order valence-electron chi connectivity index (χ0n) is 4.03. The van der Waals surface area contributed by atoms with E-state index in [9.17, 15) is 0 Å². The lowest BCUT2D eigenvalue weighted by molar-refractivity contribution is 0.858. The Labute approximate surface area is 55.6 Å². The molecule has 40 valence electrons. The van der Waals surface area contributed by atoms with Gasteiger partial charge in [0, 0.05) is 0 Å². The quantitative estimate of drug-likeness (QED) is 0.412.